The lowest BCUT2D eigenvalue weighted by molar-refractivity contribution is -0.123. The Balaban J connectivity index is 1.26. The molecule has 0 saturated heterocycles. The van der Waals surface area contributed by atoms with E-state index in [1.165, 1.54) is 17.7 Å². The summed E-state index contributed by atoms with van der Waals surface area (Å²) in [6, 6.07) is 11.6. The summed E-state index contributed by atoms with van der Waals surface area (Å²) in [5, 5.41) is 5.75. The van der Waals surface area contributed by atoms with Crippen molar-refractivity contribution in [3.8, 4) is 0 Å². The number of benzene rings is 1. The highest BCUT2D eigenvalue weighted by Gasteiger charge is 2.28. The van der Waals surface area contributed by atoms with Gasteiger partial charge in [0.2, 0.25) is 5.91 Å². The Morgan fingerprint density at radius 3 is 3.04 bits per heavy atom. The van der Waals surface area contributed by atoms with Crippen LogP contribution >= 0.6 is 0 Å². The van der Waals surface area contributed by atoms with Gasteiger partial charge in [0.05, 0.1) is 6.54 Å². The third kappa shape index (κ3) is 3.31. The summed E-state index contributed by atoms with van der Waals surface area (Å²) in [6.45, 7) is 3.10. The third-order valence-corrected chi connectivity index (χ3v) is 5.17. The summed E-state index contributed by atoms with van der Waals surface area (Å²) >= 11 is 0. The largest absolute Gasteiger partial charge is 0.371 e. The molecule has 3 heterocycles. The molecule has 1 aromatic heterocycles. The summed E-state index contributed by atoms with van der Waals surface area (Å²) in [6.07, 6.45) is 5.04. The van der Waals surface area contributed by atoms with Gasteiger partial charge in [-0.05, 0) is 43.0 Å². The standard InChI is InChI=1S/C20H24N4O2/c25-19(16-14-24-12-4-9-18(24)20(26)22-16)21-10-5-13-23-11-3-7-15-6-1-2-8-17(15)23/h1-2,4,6,8-9,12,16H,3,5,7,10-11,13-14H2,(H,21,25)(H,22,26). The smallest absolute Gasteiger partial charge is 0.268 e. The summed E-state index contributed by atoms with van der Waals surface area (Å²) in [5.41, 5.74) is 3.35. The molecule has 2 aromatic rings. The van der Waals surface area contributed by atoms with Gasteiger partial charge in [0.25, 0.3) is 5.91 Å². The maximum atomic E-state index is 12.4. The van der Waals surface area contributed by atoms with E-state index in [1.54, 1.807) is 6.07 Å². The molecule has 1 atom stereocenters. The molecule has 136 valence electrons. The minimum atomic E-state index is -0.502. The van der Waals surface area contributed by atoms with Gasteiger partial charge in [-0.25, -0.2) is 0 Å². The first kappa shape index (κ1) is 16.7. The molecule has 0 saturated carbocycles. The molecule has 4 rings (SSSR count). The van der Waals surface area contributed by atoms with Gasteiger partial charge in [0.1, 0.15) is 11.7 Å². The molecule has 2 aliphatic rings. The monoisotopic (exact) mass is 352 g/mol. The van der Waals surface area contributed by atoms with Crippen molar-refractivity contribution >= 4 is 17.5 Å². The van der Waals surface area contributed by atoms with E-state index in [-0.39, 0.29) is 11.8 Å². The molecule has 0 fully saturated rings. The van der Waals surface area contributed by atoms with Crippen molar-refractivity contribution in [3.05, 3.63) is 53.9 Å². The molecule has 1 aromatic carbocycles. The highest BCUT2D eigenvalue weighted by atomic mass is 16.2. The molecule has 0 bridgehead atoms. The number of nitrogens with zero attached hydrogens (tertiary/aromatic N) is 2. The van der Waals surface area contributed by atoms with E-state index in [9.17, 15) is 9.59 Å². The molecule has 0 radical (unpaired) electrons. The number of anilines is 1. The van der Waals surface area contributed by atoms with Crippen LogP contribution in [0.25, 0.3) is 0 Å². The van der Waals surface area contributed by atoms with Crippen molar-refractivity contribution in [3.63, 3.8) is 0 Å². The van der Waals surface area contributed by atoms with Crippen molar-refractivity contribution < 1.29 is 9.59 Å². The van der Waals surface area contributed by atoms with Gasteiger partial charge in [0, 0.05) is 31.5 Å². The molecule has 2 amide bonds. The van der Waals surface area contributed by atoms with Crippen LogP contribution in [0.4, 0.5) is 5.69 Å². The number of carbonyl (C=O) groups excluding carboxylic acids is 2. The van der Waals surface area contributed by atoms with Crippen LogP contribution in [0.2, 0.25) is 0 Å². The Hall–Kier alpha value is -2.76. The van der Waals surface area contributed by atoms with Gasteiger partial charge in [-0.3, -0.25) is 9.59 Å². The number of fused-ring (bicyclic) bond motifs is 2. The van der Waals surface area contributed by atoms with Crippen LogP contribution in [0.3, 0.4) is 0 Å². The topological polar surface area (TPSA) is 66.4 Å². The summed E-state index contributed by atoms with van der Waals surface area (Å²) in [4.78, 5) is 26.8. The molecule has 6 heteroatoms. The summed E-state index contributed by atoms with van der Waals surface area (Å²) < 4.78 is 1.83. The van der Waals surface area contributed by atoms with Crippen LogP contribution in [-0.4, -0.2) is 42.1 Å². The number of carbonyl (C=O) groups is 2. The van der Waals surface area contributed by atoms with E-state index in [2.05, 4.69) is 39.8 Å². The zero-order valence-corrected chi connectivity index (χ0v) is 14.8. The first-order valence-electron chi connectivity index (χ1n) is 9.29. The average molecular weight is 352 g/mol. The fourth-order valence-corrected chi connectivity index (χ4v) is 3.85. The van der Waals surface area contributed by atoms with Crippen molar-refractivity contribution in [1.82, 2.24) is 15.2 Å². The van der Waals surface area contributed by atoms with Crippen molar-refractivity contribution in [2.45, 2.75) is 31.8 Å². The van der Waals surface area contributed by atoms with Gasteiger partial charge in [0.15, 0.2) is 0 Å². The number of hydrogen-bond acceptors (Lipinski definition) is 3. The summed E-state index contributed by atoms with van der Waals surface area (Å²) in [5.74, 6) is -0.303. The SMILES string of the molecule is O=C1NC(C(=O)NCCCN2CCCc3ccccc32)Cn2cccc21. The Morgan fingerprint density at radius 1 is 1.23 bits per heavy atom. The van der Waals surface area contributed by atoms with E-state index in [0.29, 0.717) is 18.8 Å². The van der Waals surface area contributed by atoms with Gasteiger partial charge in [-0.2, -0.15) is 0 Å². The normalized spacial score (nSPS) is 18.7. The first-order chi connectivity index (χ1) is 12.7. The van der Waals surface area contributed by atoms with E-state index >= 15 is 0 Å². The zero-order valence-electron chi connectivity index (χ0n) is 14.8. The molecular formula is C20H24N4O2. The van der Waals surface area contributed by atoms with Gasteiger partial charge in [-0.1, -0.05) is 18.2 Å². The highest BCUT2D eigenvalue weighted by Crippen LogP contribution is 2.26. The number of hydrogen-bond donors (Lipinski definition) is 2. The van der Waals surface area contributed by atoms with E-state index in [1.807, 2.05) is 16.8 Å². The van der Waals surface area contributed by atoms with Crippen LogP contribution in [-0.2, 0) is 17.8 Å². The zero-order chi connectivity index (χ0) is 17.9. The van der Waals surface area contributed by atoms with E-state index in [4.69, 9.17) is 0 Å². The van der Waals surface area contributed by atoms with Crippen LogP contribution < -0.4 is 15.5 Å². The Morgan fingerprint density at radius 2 is 2.12 bits per heavy atom. The predicted molar refractivity (Wildman–Crippen MR) is 100 cm³/mol. The second-order valence-corrected chi connectivity index (χ2v) is 6.94. The number of nitrogens with one attached hydrogen (secondary N) is 2. The maximum absolute atomic E-state index is 12.4. The lowest BCUT2D eigenvalue weighted by Gasteiger charge is -2.31. The lowest BCUT2D eigenvalue weighted by Crippen LogP contribution is -2.52. The predicted octanol–water partition coefficient (Wildman–Crippen LogP) is 1.56. The quantitative estimate of drug-likeness (QED) is 0.803. The Kier molecular flexibility index (Phi) is 4.65. The fourth-order valence-electron chi connectivity index (χ4n) is 3.85. The highest BCUT2D eigenvalue weighted by molar-refractivity contribution is 5.97. The molecule has 6 nitrogen and oxygen atoms in total. The van der Waals surface area contributed by atoms with Crippen LogP contribution in [0.15, 0.2) is 42.6 Å². The second kappa shape index (κ2) is 7.23. The number of rotatable bonds is 5. The second-order valence-electron chi connectivity index (χ2n) is 6.94. The third-order valence-electron chi connectivity index (χ3n) is 5.17. The number of amides is 2. The maximum Gasteiger partial charge on any atom is 0.268 e. The van der Waals surface area contributed by atoms with Gasteiger partial charge >= 0.3 is 0 Å². The summed E-state index contributed by atoms with van der Waals surface area (Å²) in [7, 11) is 0. The van der Waals surface area contributed by atoms with Crippen molar-refractivity contribution in [2.24, 2.45) is 0 Å². The molecular weight excluding hydrogens is 328 g/mol. The lowest BCUT2D eigenvalue weighted by atomic mass is 10.0. The van der Waals surface area contributed by atoms with Gasteiger partial charge < -0.3 is 20.1 Å². The Labute approximate surface area is 153 Å². The van der Waals surface area contributed by atoms with Crippen molar-refractivity contribution in [2.75, 3.05) is 24.5 Å². The molecule has 26 heavy (non-hydrogen) atoms. The minimum absolute atomic E-state index is 0.114. The Bertz CT molecular complexity index is 814. The number of para-hydroxylation sites is 1. The van der Waals surface area contributed by atoms with E-state index < -0.39 is 6.04 Å². The first-order valence-corrected chi connectivity index (χ1v) is 9.29. The molecule has 1 unspecified atom stereocenters. The van der Waals surface area contributed by atoms with E-state index in [0.717, 1.165) is 25.9 Å². The van der Waals surface area contributed by atoms with Crippen molar-refractivity contribution in [1.29, 1.82) is 0 Å². The molecule has 0 spiro atoms. The van der Waals surface area contributed by atoms with Crippen LogP contribution in [0, 0.1) is 0 Å². The number of aromatic nitrogens is 1. The van der Waals surface area contributed by atoms with Crippen LogP contribution in [0.5, 0.6) is 0 Å². The molecule has 2 aliphatic heterocycles. The van der Waals surface area contributed by atoms with Crippen LogP contribution in [0.1, 0.15) is 28.9 Å². The fraction of sp³-hybridized carbons (Fsp3) is 0.400. The van der Waals surface area contributed by atoms with Gasteiger partial charge in [-0.15, -0.1) is 0 Å². The minimum Gasteiger partial charge on any atom is -0.371 e. The molecule has 2 N–H and O–H groups in total. The number of aryl methyl sites for hydroxylation is 1. The average Bonchev–Trinajstić information content (AvgIpc) is 3.14. The molecule has 0 aliphatic carbocycles.